The van der Waals surface area contributed by atoms with Crippen LogP contribution in [0.25, 0.3) is 0 Å². The molecule has 1 atom stereocenters. The number of fused-ring (bicyclic) bond motifs is 1. The molecular weight excluding hydrogens is 462 g/mol. The fourth-order valence-corrected chi connectivity index (χ4v) is 6.61. The van der Waals surface area contributed by atoms with Gasteiger partial charge in [-0.25, -0.2) is 8.51 Å². The first kappa shape index (κ1) is 24.7. The number of aromatic nitrogens is 1. The highest BCUT2D eigenvalue weighted by Gasteiger charge is 2.43. The van der Waals surface area contributed by atoms with Crippen molar-refractivity contribution in [1.29, 1.82) is 0 Å². The lowest BCUT2D eigenvalue weighted by Gasteiger charge is -2.38. The Bertz CT molecular complexity index is 1050. The Labute approximate surface area is 211 Å². The zero-order valence-electron chi connectivity index (χ0n) is 21.0. The summed E-state index contributed by atoms with van der Waals surface area (Å²) in [5, 5.41) is 0. The molecule has 1 aromatic heterocycles. The highest BCUT2D eigenvalue weighted by Crippen LogP contribution is 2.38. The van der Waals surface area contributed by atoms with Crippen LogP contribution in [0.3, 0.4) is 0 Å². The predicted molar refractivity (Wildman–Crippen MR) is 136 cm³/mol. The SMILES string of the molecule is Cc1ccccc1CN1CC2(CCOCC2)Oc2nc(OCCN3CCCCC3)c(C)cc2S1=O. The molecule has 8 heteroatoms. The van der Waals surface area contributed by atoms with Gasteiger partial charge in [0.05, 0.1) is 19.8 Å². The first-order valence-corrected chi connectivity index (χ1v) is 14.0. The fraction of sp³-hybridized carbons (Fsp3) is 0.593. The molecule has 0 saturated carbocycles. The second kappa shape index (κ2) is 10.9. The lowest BCUT2D eigenvalue weighted by molar-refractivity contribution is -0.0554. The van der Waals surface area contributed by atoms with E-state index in [4.69, 9.17) is 19.2 Å². The van der Waals surface area contributed by atoms with Crippen LogP contribution >= 0.6 is 0 Å². The second-order valence-corrected chi connectivity index (χ2v) is 11.5. The molecule has 1 spiro atoms. The van der Waals surface area contributed by atoms with Crippen molar-refractivity contribution < 1.29 is 18.4 Å². The Balaban J connectivity index is 1.40. The lowest BCUT2D eigenvalue weighted by atomic mass is 9.93. The minimum atomic E-state index is -1.39. The van der Waals surface area contributed by atoms with Crippen molar-refractivity contribution in [3.05, 3.63) is 47.0 Å². The molecule has 3 aliphatic heterocycles. The van der Waals surface area contributed by atoms with E-state index >= 15 is 0 Å². The summed E-state index contributed by atoms with van der Waals surface area (Å²) in [6.07, 6.45) is 5.34. The molecule has 190 valence electrons. The monoisotopic (exact) mass is 499 g/mol. The molecule has 2 aromatic rings. The van der Waals surface area contributed by atoms with Crippen LogP contribution in [0, 0.1) is 13.8 Å². The molecule has 2 saturated heterocycles. The first-order valence-electron chi connectivity index (χ1n) is 12.9. The van der Waals surface area contributed by atoms with Gasteiger partial charge in [0.25, 0.3) is 0 Å². The van der Waals surface area contributed by atoms with Crippen LogP contribution in [0.15, 0.2) is 35.2 Å². The van der Waals surface area contributed by atoms with Crippen molar-refractivity contribution in [2.45, 2.75) is 63.0 Å². The third-order valence-corrected chi connectivity index (χ3v) is 8.80. The molecule has 0 N–H and O–H groups in total. The van der Waals surface area contributed by atoms with E-state index in [9.17, 15) is 4.21 Å². The van der Waals surface area contributed by atoms with Crippen LogP contribution < -0.4 is 9.47 Å². The molecule has 1 aromatic carbocycles. The number of aryl methyl sites for hydroxylation is 2. The van der Waals surface area contributed by atoms with Gasteiger partial charge in [0.1, 0.15) is 28.1 Å². The third-order valence-electron chi connectivity index (χ3n) is 7.41. The molecule has 0 radical (unpaired) electrons. The number of hydrogen-bond donors (Lipinski definition) is 0. The molecule has 35 heavy (non-hydrogen) atoms. The smallest absolute Gasteiger partial charge is 0.235 e. The van der Waals surface area contributed by atoms with Gasteiger partial charge in [-0.15, -0.1) is 0 Å². The molecule has 0 bridgehead atoms. The van der Waals surface area contributed by atoms with Gasteiger partial charge in [0.2, 0.25) is 11.8 Å². The zero-order chi connectivity index (χ0) is 24.3. The topological polar surface area (TPSA) is 64.1 Å². The molecule has 0 amide bonds. The summed E-state index contributed by atoms with van der Waals surface area (Å²) in [6.45, 7) is 10.3. The van der Waals surface area contributed by atoms with Gasteiger partial charge in [0, 0.05) is 31.5 Å². The standard InChI is InChI=1S/C27H37N3O4S/c1-21-8-4-5-9-23(21)19-30-20-27(10-15-32-16-11-27)34-26-24(35(30)31)18-22(2)25(28-26)33-17-14-29-12-6-3-7-13-29/h4-5,8-9,18H,3,6-7,10-17,19-20H2,1-2H3. The second-order valence-electron chi connectivity index (χ2n) is 10.0. The van der Waals surface area contributed by atoms with Gasteiger partial charge >= 0.3 is 0 Å². The van der Waals surface area contributed by atoms with Gasteiger partial charge < -0.3 is 14.2 Å². The summed E-state index contributed by atoms with van der Waals surface area (Å²) in [6, 6.07) is 10.2. The number of nitrogens with zero attached hydrogens (tertiary/aromatic N) is 3. The fourth-order valence-electron chi connectivity index (χ4n) is 5.21. The van der Waals surface area contributed by atoms with E-state index in [1.807, 2.05) is 29.4 Å². The summed E-state index contributed by atoms with van der Waals surface area (Å²) in [5.41, 5.74) is 2.78. The Hall–Kier alpha value is -2.00. The molecule has 2 fully saturated rings. The number of benzene rings is 1. The van der Waals surface area contributed by atoms with Crippen molar-refractivity contribution in [3.63, 3.8) is 0 Å². The van der Waals surface area contributed by atoms with E-state index in [0.29, 0.717) is 49.6 Å². The minimum absolute atomic E-state index is 0.441. The van der Waals surface area contributed by atoms with E-state index in [1.54, 1.807) is 0 Å². The molecule has 7 nitrogen and oxygen atoms in total. The number of likely N-dealkylation sites (tertiary alicyclic amines) is 1. The van der Waals surface area contributed by atoms with Crippen molar-refractivity contribution >= 4 is 11.0 Å². The van der Waals surface area contributed by atoms with Gasteiger partial charge in [0.15, 0.2) is 0 Å². The van der Waals surface area contributed by atoms with Crippen molar-refractivity contribution in [3.8, 4) is 11.8 Å². The maximum Gasteiger partial charge on any atom is 0.235 e. The van der Waals surface area contributed by atoms with E-state index in [2.05, 4.69) is 24.0 Å². The van der Waals surface area contributed by atoms with Crippen LogP contribution in [0.5, 0.6) is 11.8 Å². The van der Waals surface area contributed by atoms with E-state index in [1.165, 1.54) is 30.4 Å². The predicted octanol–water partition coefficient (Wildman–Crippen LogP) is 4.03. The number of piperidine rings is 1. The van der Waals surface area contributed by atoms with Gasteiger partial charge in [-0.1, -0.05) is 30.7 Å². The largest absolute Gasteiger partial charge is 0.476 e. The van der Waals surface area contributed by atoms with Crippen molar-refractivity contribution in [2.24, 2.45) is 0 Å². The average Bonchev–Trinajstić information content (AvgIpc) is 2.96. The van der Waals surface area contributed by atoms with Crippen LogP contribution in [0.2, 0.25) is 0 Å². The summed E-state index contributed by atoms with van der Waals surface area (Å²) in [5.74, 6) is 1.02. The van der Waals surface area contributed by atoms with Crippen molar-refractivity contribution in [1.82, 2.24) is 14.2 Å². The molecule has 1 unspecified atom stereocenters. The third kappa shape index (κ3) is 5.71. The highest BCUT2D eigenvalue weighted by atomic mass is 32.2. The van der Waals surface area contributed by atoms with Gasteiger partial charge in [-0.3, -0.25) is 4.90 Å². The summed E-state index contributed by atoms with van der Waals surface area (Å²) < 4.78 is 34.4. The maximum atomic E-state index is 13.9. The van der Waals surface area contributed by atoms with Crippen LogP contribution in [-0.4, -0.2) is 70.0 Å². The summed E-state index contributed by atoms with van der Waals surface area (Å²) in [7, 11) is -1.39. The first-order chi connectivity index (χ1) is 17.0. The number of rotatable bonds is 6. The maximum absolute atomic E-state index is 13.9. The normalized spacial score (nSPS) is 22.9. The highest BCUT2D eigenvalue weighted by molar-refractivity contribution is 7.82. The minimum Gasteiger partial charge on any atom is -0.476 e. The Kier molecular flexibility index (Phi) is 7.72. The Morgan fingerprint density at radius 2 is 1.86 bits per heavy atom. The zero-order valence-corrected chi connectivity index (χ0v) is 21.8. The molecule has 4 heterocycles. The number of pyridine rings is 1. The number of hydrogen-bond acceptors (Lipinski definition) is 6. The van der Waals surface area contributed by atoms with Crippen LogP contribution in [0.1, 0.15) is 48.8 Å². The van der Waals surface area contributed by atoms with E-state index in [0.717, 1.165) is 38.0 Å². The van der Waals surface area contributed by atoms with Crippen molar-refractivity contribution in [2.75, 3.05) is 46.0 Å². The van der Waals surface area contributed by atoms with Crippen LogP contribution in [-0.2, 0) is 22.3 Å². The lowest BCUT2D eigenvalue weighted by Crippen LogP contribution is -2.49. The van der Waals surface area contributed by atoms with E-state index < -0.39 is 16.6 Å². The van der Waals surface area contributed by atoms with E-state index in [-0.39, 0.29) is 0 Å². The molecule has 3 aliphatic rings. The molecule has 0 aliphatic carbocycles. The Morgan fingerprint density at radius 3 is 2.63 bits per heavy atom. The van der Waals surface area contributed by atoms with Crippen LogP contribution in [0.4, 0.5) is 0 Å². The summed E-state index contributed by atoms with van der Waals surface area (Å²) >= 11 is 0. The Morgan fingerprint density at radius 1 is 1.09 bits per heavy atom. The molecule has 5 rings (SSSR count). The van der Waals surface area contributed by atoms with Gasteiger partial charge in [-0.05, 0) is 57.0 Å². The molecular formula is C27H37N3O4S. The number of ether oxygens (including phenoxy) is 3. The quantitative estimate of drug-likeness (QED) is 0.598. The summed E-state index contributed by atoms with van der Waals surface area (Å²) in [4.78, 5) is 7.87. The average molecular weight is 500 g/mol. The van der Waals surface area contributed by atoms with Gasteiger partial charge in [-0.2, -0.15) is 4.98 Å².